The summed E-state index contributed by atoms with van der Waals surface area (Å²) in [7, 11) is 1.61. The molecule has 0 aromatic heterocycles. The van der Waals surface area contributed by atoms with Crippen molar-refractivity contribution in [2.24, 2.45) is 5.92 Å². The van der Waals surface area contributed by atoms with Crippen LogP contribution in [-0.2, 0) is 4.74 Å². The third kappa shape index (κ3) is 4.20. The molecule has 1 aliphatic heterocycles. The van der Waals surface area contributed by atoms with Crippen LogP contribution in [0.15, 0.2) is 22.7 Å². The SMILES string of the molecule is CCOCC1CCCN(C(=O)c2cc(OC)ccc2Br)C1. The van der Waals surface area contributed by atoms with Gasteiger partial charge in [-0.05, 0) is 59.8 Å². The minimum atomic E-state index is 0.0574. The number of likely N-dealkylation sites (tertiary alicyclic amines) is 1. The Labute approximate surface area is 134 Å². The van der Waals surface area contributed by atoms with Crippen LogP contribution in [0.5, 0.6) is 5.75 Å². The quantitative estimate of drug-likeness (QED) is 0.812. The lowest BCUT2D eigenvalue weighted by Crippen LogP contribution is -2.41. The van der Waals surface area contributed by atoms with Gasteiger partial charge in [0.1, 0.15) is 5.75 Å². The Morgan fingerprint density at radius 1 is 1.48 bits per heavy atom. The molecular formula is C16H22BrNO3. The zero-order valence-corrected chi connectivity index (χ0v) is 14.2. The van der Waals surface area contributed by atoms with E-state index in [1.54, 1.807) is 13.2 Å². The fourth-order valence-electron chi connectivity index (χ4n) is 2.64. The molecule has 0 N–H and O–H groups in total. The normalized spacial score (nSPS) is 18.6. The van der Waals surface area contributed by atoms with E-state index in [2.05, 4.69) is 15.9 Å². The zero-order chi connectivity index (χ0) is 15.2. The standard InChI is InChI=1S/C16H22BrNO3/c1-3-21-11-12-5-4-8-18(10-12)16(19)14-9-13(20-2)6-7-15(14)17/h6-7,9,12H,3-5,8,10-11H2,1-2H3. The Bertz CT molecular complexity index is 492. The van der Waals surface area contributed by atoms with E-state index in [0.717, 1.165) is 43.6 Å². The van der Waals surface area contributed by atoms with Crippen LogP contribution in [-0.4, -0.2) is 44.2 Å². The van der Waals surface area contributed by atoms with Gasteiger partial charge in [0.15, 0.2) is 0 Å². The molecule has 1 unspecified atom stereocenters. The molecule has 1 heterocycles. The van der Waals surface area contributed by atoms with Crippen molar-refractivity contribution in [3.63, 3.8) is 0 Å². The van der Waals surface area contributed by atoms with Gasteiger partial charge < -0.3 is 14.4 Å². The highest BCUT2D eigenvalue weighted by Gasteiger charge is 2.25. The first-order chi connectivity index (χ1) is 10.2. The molecule has 21 heavy (non-hydrogen) atoms. The average Bonchev–Trinajstić information content (AvgIpc) is 2.53. The van der Waals surface area contributed by atoms with Crippen molar-refractivity contribution in [2.45, 2.75) is 19.8 Å². The molecular weight excluding hydrogens is 334 g/mol. The van der Waals surface area contributed by atoms with E-state index in [4.69, 9.17) is 9.47 Å². The predicted octanol–water partition coefficient (Wildman–Crippen LogP) is 3.35. The lowest BCUT2D eigenvalue weighted by atomic mass is 9.98. The highest BCUT2D eigenvalue weighted by atomic mass is 79.9. The number of halogens is 1. The number of hydrogen-bond donors (Lipinski definition) is 0. The number of amides is 1. The number of nitrogens with zero attached hydrogens (tertiary/aromatic N) is 1. The second kappa shape index (κ2) is 7.80. The van der Waals surface area contributed by atoms with E-state index in [9.17, 15) is 4.79 Å². The van der Waals surface area contributed by atoms with Gasteiger partial charge in [-0.2, -0.15) is 0 Å². The van der Waals surface area contributed by atoms with Gasteiger partial charge in [0, 0.05) is 24.2 Å². The number of carbonyl (C=O) groups excluding carboxylic acids is 1. The summed E-state index contributed by atoms with van der Waals surface area (Å²) in [4.78, 5) is 14.6. The van der Waals surface area contributed by atoms with Crippen LogP contribution >= 0.6 is 15.9 Å². The van der Waals surface area contributed by atoms with Gasteiger partial charge in [-0.3, -0.25) is 4.79 Å². The van der Waals surface area contributed by atoms with Crippen molar-refractivity contribution in [3.8, 4) is 5.75 Å². The van der Waals surface area contributed by atoms with Gasteiger partial charge in [-0.25, -0.2) is 0 Å². The summed E-state index contributed by atoms with van der Waals surface area (Å²) in [6.07, 6.45) is 2.16. The molecule has 1 amide bonds. The van der Waals surface area contributed by atoms with E-state index < -0.39 is 0 Å². The van der Waals surface area contributed by atoms with Crippen LogP contribution in [0.3, 0.4) is 0 Å². The minimum absolute atomic E-state index is 0.0574. The average molecular weight is 356 g/mol. The number of ether oxygens (including phenoxy) is 2. The highest BCUT2D eigenvalue weighted by Crippen LogP contribution is 2.26. The molecule has 1 aromatic rings. The Kier molecular flexibility index (Phi) is 6.06. The topological polar surface area (TPSA) is 38.8 Å². The van der Waals surface area contributed by atoms with Crippen LogP contribution in [0.1, 0.15) is 30.1 Å². The first-order valence-electron chi connectivity index (χ1n) is 7.36. The number of methoxy groups -OCH3 is 1. The summed E-state index contributed by atoms with van der Waals surface area (Å²) in [6, 6.07) is 5.49. The third-order valence-electron chi connectivity index (χ3n) is 3.77. The maximum atomic E-state index is 12.7. The van der Waals surface area contributed by atoms with Crippen molar-refractivity contribution < 1.29 is 14.3 Å². The maximum Gasteiger partial charge on any atom is 0.255 e. The van der Waals surface area contributed by atoms with Gasteiger partial charge in [-0.1, -0.05) is 0 Å². The van der Waals surface area contributed by atoms with E-state index in [1.165, 1.54) is 0 Å². The van der Waals surface area contributed by atoms with Crippen molar-refractivity contribution in [1.29, 1.82) is 0 Å². The second-order valence-corrected chi connectivity index (χ2v) is 6.12. The van der Waals surface area contributed by atoms with Gasteiger partial charge in [0.25, 0.3) is 5.91 Å². The number of rotatable bonds is 5. The molecule has 116 valence electrons. The van der Waals surface area contributed by atoms with Crippen LogP contribution in [0.25, 0.3) is 0 Å². The Morgan fingerprint density at radius 3 is 3.00 bits per heavy atom. The van der Waals surface area contributed by atoms with Crippen LogP contribution in [0.2, 0.25) is 0 Å². The molecule has 1 aromatic carbocycles. The van der Waals surface area contributed by atoms with Gasteiger partial charge in [0.05, 0.1) is 19.3 Å². The number of hydrogen-bond acceptors (Lipinski definition) is 3. The number of carbonyl (C=O) groups is 1. The first kappa shape index (κ1) is 16.3. The van der Waals surface area contributed by atoms with Gasteiger partial charge >= 0.3 is 0 Å². The van der Waals surface area contributed by atoms with Crippen molar-refractivity contribution in [1.82, 2.24) is 4.90 Å². The lowest BCUT2D eigenvalue weighted by Gasteiger charge is -2.33. The van der Waals surface area contributed by atoms with E-state index >= 15 is 0 Å². The van der Waals surface area contributed by atoms with Crippen molar-refractivity contribution in [2.75, 3.05) is 33.4 Å². The molecule has 5 heteroatoms. The molecule has 0 spiro atoms. The maximum absolute atomic E-state index is 12.7. The smallest absolute Gasteiger partial charge is 0.255 e. The van der Waals surface area contributed by atoms with E-state index in [1.807, 2.05) is 24.0 Å². The highest BCUT2D eigenvalue weighted by molar-refractivity contribution is 9.10. The molecule has 1 saturated heterocycles. The molecule has 0 aliphatic carbocycles. The number of benzene rings is 1. The van der Waals surface area contributed by atoms with Crippen LogP contribution in [0.4, 0.5) is 0 Å². The van der Waals surface area contributed by atoms with E-state index in [-0.39, 0.29) is 5.91 Å². The fraction of sp³-hybridized carbons (Fsp3) is 0.562. The second-order valence-electron chi connectivity index (χ2n) is 5.26. The Morgan fingerprint density at radius 2 is 2.29 bits per heavy atom. The number of piperidine rings is 1. The summed E-state index contributed by atoms with van der Waals surface area (Å²) in [5.74, 6) is 1.19. The molecule has 1 fully saturated rings. The predicted molar refractivity (Wildman–Crippen MR) is 85.8 cm³/mol. The molecule has 1 aliphatic rings. The van der Waals surface area contributed by atoms with Crippen LogP contribution < -0.4 is 4.74 Å². The summed E-state index contributed by atoms with van der Waals surface area (Å²) in [5, 5.41) is 0. The van der Waals surface area contributed by atoms with E-state index in [0.29, 0.717) is 17.2 Å². The Hall–Kier alpha value is -1.07. The minimum Gasteiger partial charge on any atom is -0.497 e. The first-order valence-corrected chi connectivity index (χ1v) is 8.15. The molecule has 1 atom stereocenters. The van der Waals surface area contributed by atoms with Crippen LogP contribution in [0, 0.1) is 5.92 Å². The van der Waals surface area contributed by atoms with Gasteiger partial charge in [-0.15, -0.1) is 0 Å². The molecule has 0 radical (unpaired) electrons. The van der Waals surface area contributed by atoms with Crippen molar-refractivity contribution >= 4 is 21.8 Å². The fourth-order valence-corrected chi connectivity index (χ4v) is 3.05. The summed E-state index contributed by atoms with van der Waals surface area (Å²) in [6.45, 7) is 5.04. The monoisotopic (exact) mass is 355 g/mol. The lowest BCUT2D eigenvalue weighted by molar-refractivity contribution is 0.0500. The largest absolute Gasteiger partial charge is 0.497 e. The third-order valence-corrected chi connectivity index (χ3v) is 4.46. The molecule has 4 nitrogen and oxygen atoms in total. The summed E-state index contributed by atoms with van der Waals surface area (Å²) < 4.78 is 11.5. The summed E-state index contributed by atoms with van der Waals surface area (Å²) in [5.41, 5.74) is 0.659. The Balaban J connectivity index is 2.08. The summed E-state index contributed by atoms with van der Waals surface area (Å²) >= 11 is 3.46. The molecule has 0 bridgehead atoms. The molecule has 0 saturated carbocycles. The molecule has 2 rings (SSSR count). The van der Waals surface area contributed by atoms with Crippen molar-refractivity contribution in [3.05, 3.63) is 28.2 Å². The zero-order valence-electron chi connectivity index (χ0n) is 12.6. The van der Waals surface area contributed by atoms with Gasteiger partial charge in [0.2, 0.25) is 0 Å².